The first-order valence-corrected chi connectivity index (χ1v) is 6.17. The fourth-order valence-electron chi connectivity index (χ4n) is 2.12. The van der Waals surface area contributed by atoms with Gasteiger partial charge in [0.1, 0.15) is 11.8 Å². The number of carboxylic acids is 1. The molecule has 4 nitrogen and oxygen atoms in total. The summed E-state index contributed by atoms with van der Waals surface area (Å²) in [6.07, 6.45) is 2.13. The highest BCUT2D eigenvalue weighted by Gasteiger charge is 2.30. The molecular formula is C14H19NO3. The van der Waals surface area contributed by atoms with E-state index in [0.717, 1.165) is 35.3 Å². The Morgan fingerprint density at radius 1 is 1.39 bits per heavy atom. The molecular weight excluding hydrogens is 230 g/mol. The maximum Gasteiger partial charge on any atom is 0.325 e. The van der Waals surface area contributed by atoms with Crippen molar-refractivity contribution in [3.8, 4) is 5.75 Å². The zero-order valence-corrected chi connectivity index (χ0v) is 11.0. The Morgan fingerprint density at radius 2 is 2.06 bits per heavy atom. The van der Waals surface area contributed by atoms with Crippen molar-refractivity contribution in [2.45, 2.75) is 38.8 Å². The molecule has 2 N–H and O–H groups in total. The first-order valence-electron chi connectivity index (χ1n) is 6.17. The van der Waals surface area contributed by atoms with Gasteiger partial charge in [0.25, 0.3) is 0 Å². The van der Waals surface area contributed by atoms with Crippen molar-refractivity contribution < 1.29 is 14.6 Å². The van der Waals surface area contributed by atoms with Crippen molar-refractivity contribution in [1.29, 1.82) is 0 Å². The summed E-state index contributed by atoms with van der Waals surface area (Å²) < 4.78 is 5.25. The van der Waals surface area contributed by atoms with Crippen LogP contribution in [0.25, 0.3) is 0 Å². The van der Waals surface area contributed by atoms with E-state index < -0.39 is 12.0 Å². The van der Waals surface area contributed by atoms with E-state index in [1.807, 2.05) is 26.0 Å². The standard InChI is InChI=1S/C14H19NO3/c1-8-7-12(18-3)9(2)6-11(8)13(14(16)17)15-10-4-5-10/h6-7,10,13,15H,4-5H2,1-3H3,(H,16,17). The number of hydrogen-bond donors (Lipinski definition) is 2. The summed E-state index contributed by atoms with van der Waals surface area (Å²) in [5.41, 5.74) is 2.73. The molecule has 0 heterocycles. The third kappa shape index (κ3) is 2.64. The number of rotatable bonds is 5. The maximum absolute atomic E-state index is 11.4. The van der Waals surface area contributed by atoms with E-state index in [2.05, 4.69) is 5.32 Å². The van der Waals surface area contributed by atoms with Gasteiger partial charge in [0.15, 0.2) is 0 Å². The molecule has 1 aromatic rings. The lowest BCUT2D eigenvalue weighted by molar-refractivity contribution is -0.139. The number of aliphatic carboxylic acids is 1. The van der Waals surface area contributed by atoms with Crippen molar-refractivity contribution in [3.05, 3.63) is 28.8 Å². The average molecular weight is 249 g/mol. The molecule has 98 valence electrons. The minimum absolute atomic E-state index is 0.355. The molecule has 0 spiro atoms. The normalized spacial score (nSPS) is 16.4. The lowest BCUT2D eigenvalue weighted by Gasteiger charge is -2.18. The van der Waals surface area contributed by atoms with Crippen molar-refractivity contribution in [2.24, 2.45) is 0 Å². The molecule has 0 amide bonds. The van der Waals surface area contributed by atoms with E-state index >= 15 is 0 Å². The van der Waals surface area contributed by atoms with Gasteiger partial charge in [0.2, 0.25) is 0 Å². The second-order valence-electron chi connectivity index (χ2n) is 4.89. The van der Waals surface area contributed by atoms with Crippen LogP contribution in [0.1, 0.15) is 35.6 Å². The van der Waals surface area contributed by atoms with Crippen molar-refractivity contribution in [2.75, 3.05) is 7.11 Å². The molecule has 18 heavy (non-hydrogen) atoms. The third-order valence-electron chi connectivity index (χ3n) is 3.32. The van der Waals surface area contributed by atoms with Crippen LogP contribution in [0.4, 0.5) is 0 Å². The summed E-state index contributed by atoms with van der Waals surface area (Å²) in [5.74, 6) is -0.0265. The average Bonchev–Trinajstić information content (AvgIpc) is 3.12. The van der Waals surface area contributed by atoms with Crippen LogP contribution in [0.2, 0.25) is 0 Å². The van der Waals surface area contributed by atoms with Gasteiger partial charge in [-0.15, -0.1) is 0 Å². The Hall–Kier alpha value is -1.55. The van der Waals surface area contributed by atoms with Gasteiger partial charge in [-0.3, -0.25) is 10.1 Å². The van der Waals surface area contributed by atoms with Gasteiger partial charge in [-0.1, -0.05) is 0 Å². The highest BCUT2D eigenvalue weighted by Crippen LogP contribution is 2.29. The van der Waals surface area contributed by atoms with Crippen LogP contribution in [0, 0.1) is 13.8 Å². The van der Waals surface area contributed by atoms with Gasteiger partial charge in [0, 0.05) is 6.04 Å². The van der Waals surface area contributed by atoms with Gasteiger partial charge in [-0.25, -0.2) is 0 Å². The summed E-state index contributed by atoms with van der Waals surface area (Å²) >= 11 is 0. The minimum Gasteiger partial charge on any atom is -0.496 e. The molecule has 1 aromatic carbocycles. The minimum atomic E-state index is -0.824. The third-order valence-corrected chi connectivity index (χ3v) is 3.32. The van der Waals surface area contributed by atoms with Gasteiger partial charge in [0.05, 0.1) is 7.11 Å². The van der Waals surface area contributed by atoms with Gasteiger partial charge in [-0.05, 0) is 55.5 Å². The molecule has 4 heteroatoms. The first kappa shape index (κ1) is 12.9. The smallest absolute Gasteiger partial charge is 0.325 e. The fourth-order valence-corrected chi connectivity index (χ4v) is 2.12. The molecule has 1 aliphatic carbocycles. The van der Waals surface area contributed by atoms with E-state index in [-0.39, 0.29) is 0 Å². The van der Waals surface area contributed by atoms with E-state index in [1.165, 1.54) is 0 Å². The molecule has 0 saturated heterocycles. The zero-order valence-electron chi connectivity index (χ0n) is 11.0. The first-order chi connectivity index (χ1) is 8.52. The van der Waals surface area contributed by atoms with E-state index in [4.69, 9.17) is 4.74 Å². The van der Waals surface area contributed by atoms with Crippen molar-refractivity contribution >= 4 is 5.97 Å². The van der Waals surface area contributed by atoms with Crippen LogP contribution >= 0.6 is 0 Å². The summed E-state index contributed by atoms with van der Waals surface area (Å²) in [6, 6.07) is 3.53. The number of benzene rings is 1. The molecule has 0 radical (unpaired) electrons. The number of nitrogens with one attached hydrogen (secondary N) is 1. The molecule has 1 unspecified atom stereocenters. The van der Waals surface area contributed by atoms with Crippen LogP contribution in [0.3, 0.4) is 0 Å². The van der Waals surface area contributed by atoms with Crippen molar-refractivity contribution in [3.63, 3.8) is 0 Å². The zero-order chi connectivity index (χ0) is 13.3. The Bertz CT molecular complexity index is 466. The SMILES string of the molecule is COc1cc(C)c(C(NC2CC2)C(=O)O)cc1C. The number of carboxylic acid groups (broad SMARTS) is 1. The second-order valence-corrected chi connectivity index (χ2v) is 4.89. The van der Waals surface area contributed by atoms with Crippen LogP contribution in [0.15, 0.2) is 12.1 Å². The Morgan fingerprint density at radius 3 is 2.56 bits per heavy atom. The molecule has 1 fully saturated rings. The Balaban J connectivity index is 2.34. The lowest BCUT2D eigenvalue weighted by atomic mass is 9.98. The molecule has 0 bridgehead atoms. The Labute approximate surface area is 107 Å². The van der Waals surface area contributed by atoms with Crippen LogP contribution in [-0.4, -0.2) is 24.2 Å². The number of hydrogen-bond acceptors (Lipinski definition) is 3. The molecule has 1 saturated carbocycles. The number of carbonyl (C=O) groups is 1. The Kier molecular flexibility index (Phi) is 3.57. The van der Waals surface area contributed by atoms with E-state index in [9.17, 15) is 9.90 Å². The van der Waals surface area contributed by atoms with Gasteiger partial charge < -0.3 is 9.84 Å². The van der Waals surface area contributed by atoms with Gasteiger partial charge >= 0.3 is 5.97 Å². The van der Waals surface area contributed by atoms with Crippen LogP contribution in [-0.2, 0) is 4.79 Å². The highest BCUT2D eigenvalue weighted by molar-refractivity contribution is 5.76. The van der Waals surface area contributed by atoms with E-state index in [1.54, 1.807) is 7.11 Å². The fraction of sp³-hybridized carbons (Fsp3) is 0.500. The highest BCUT2D eigenvalue weighted by atomic mass is 16.5. The predicted octanol–water partition coefficient (Wildman–Crippen LogP) is 2.19. The van der Waals surface area contributed by atoms with E-state index in [0.29, 0.717) is 6.04 Å². The molecule has 1 atom stereocenters. The molecule has 1 aliphatic rings. The number of ether oxygens (including phenoxy) is 1. The summed E-state index contributed by atoms with van der Waals surface area (Å²) in [5, 5.41) is 12.5. The van der Waals surface area contributed by atoms with Crippen molar-refractivity contribution in [1.82, 2.24) is 5.32 Å². The largest absolute Gasteiger partial charge is 0.496 e. The monoisotopic (exact) mass is 249 g/mol. The molecule has 0 aliphatic heterocycles. The second kappa shape index (κ2) is 4.98. The molecule has 0 aromatic heterocycles. The van der Waals surface area contributed by atoms with Crippen LogP contribution < -0.4 is 10.1 Å². The quantitative estimate of drug-likeness (QED) is 0.839. The summed E-state index contributed by atoms with van der Waals surface area (Å²) in [7, 11) is 1.62. The lowest BCUT2D eigenvalue weighted by Crippen LogP contribution is -2.30. The summed E-state index contributed by atoms with van der Waals surface area (Å²) in [4.78, 5) is 11.4. The van der Waals surface area contributed by atoms with Crippen LogP contribution in [0.5, 0.6) is 5.75 Å². The number of methoxy groups -OCH3 is 1. The number of aryl methyl sites for hydroxylation is 2. The topological polar surface area (TPSA) is 58.6 Å². The van der Waals surface area contributed by atoms with Gasteiger partial charge in [-0.2, -0.15) is 0 Å². The summed E-state index contributed by atoms with van der Waals surface area (Å²) in [6.45, 7) is 3.85. The maximum atomic E-state index is 11.4. The molecule has 2 rings (SSSR count). The predicted molar refractivity (Wildman–Crippen MR) is 69.0 cm³/mol.